The van der Waals surface area contributed by atoms with Crippen LogP contribution in [0.4, 0.5) is 0 Å². The number of nitrogens with zero attached hydrogens (tertiary/aromatic N) is 1. The van der Waals surface area contributed by atoms with Gasteiger partial charge in [0.15, 0.2) is 0 Å². The molecule has 0 spiro atoms. The highest BCUT2D eigenvalue weighted by Gasteiger charge is 2.09. The van der Waals surface area contributed by atoms with E-state index < -0.39 is 0 Å². The van der Waals surface area contributed by atoms with Gasteiger partial charge in [-0.1, -0.05) is 40.7 Å². The molecule has 1 atom stereocenters. The number of aromatic nitrogens is 1. The monoisotopic (exact) mass is 336 g/mol. The molecule has 1 aromatic heterocycles. The fraction of sp³-hybridized carbons (Fsp3) is 0.267. The second-order valence-electron chi connectivity index (χ2n) is 4.25. The lowest BCUT2D eigenvalue weighted by atomic mass is 10.1. The first-order valence-electron chi connectivity index (χ1n) is 6.31. The first-order valence-corrected chi connectivity index (χ1v) is 7.92. The van der Waals surface area contributed by atoms with Crippen molar-refractivity contribution < 1.29 is 0 Å². The molecule has 0 aliphatic rings. The van der Waals surface area contributed by atoms with Crippen molar-refractivity contribution in [2.45, 2.75) is 29.7 Å². The topological polar surface area (TPSA) is 24.9 Å². The zero-order valence-electron chi connectivity index (χ0n) is 11.1. The van der Waals surface area contributed by atoms with Gasteiger partial charge in [0.2, 0.25) is 0 Å². The van der Waals surface area contributed by atoms with E-state index in [9.17, 15) is 0 Å². The summed E-state index contributed by atoms with van der Waals surface area (Å²) in [6, 6.07) is 10.9. The van der Waals surface area contributed by atoms with Gasteiger partial charge in [-0.05, 0) is 43.3 Å². The van der Waals surface area contributed by atoms with Crippen molar-refractivity contribution in [2.24, 2.45) is 0 Å². The summed E-state index contributed by atoms with van der Waals surface area (Å²) in [5, 5.41) is 3.43. The van der Waals surface area contributed by atoms with Gasteiger partial charge in [-0.2, -0.15) is 0 Å². The van der Waals surface area contributed by atoms with Gasteiger partial charge >= 0.3 is 0 Å². The fourth-order valence-corrected chi connectivity index (χ4v) is 3.60. The van der Waals surface area contributed by atoms with Crippen LogP contribution in [0, 0.1) is 0 Å². The van der Waals surface area contributed by atoms with E-state index in [0.717, 1.165) is 11.0 Å². The van der Waals surface area contributed by atoms with E-state index in [2.05, 4.69) is 58.3 Å². The van der Waals surface area contributed by atoms with E-state index in [-0.39, 0.29) is 0 Å². The van der Waals surface area contributed by atoms with Crippen molar-refractivity contribution in [3.63, 3.8) is 0 Å². The average Bonchev–Trinajstić information content (AvgIpc) is 2.40. The molecule has 1 aromatic carbocycles. The third-order valence-corrected chi connectivity index (χ3v) is 4.52. The van der Waals surface area contributed by atoms with Gasteiger partial charge in [0.25, 0.3) is 0 Å². The summed E-state index contributed by atoms with van der Waals surface area (Å²) < 4.78 is 1.15. The highest BCUT2D eigenvalue weighted by Crippen LogP contribution is 2.32. The number of hydrogen-bond donors (Lipinski definition) is 1. The van der Waals surface area contributed by atoms with E-state index in [1.807, 2.05) is 24.5 Å². The quantitative estimate of drug-likeness (QED) is 0.858. The molecule has 1 unspecified atom stereocenters. The van der Waals surface area contributed by atoms with Gasteiger partial charge in [0, 0.05) is 32.7 Å². The zero-order valence-corrected chi connectivity index (χ0v) is 13.5. The van der Waals surface area contributed by atoms with Crippen molar-refractivity contribution in [1.82, 2.24) is 10.3 Å². The Balaban J connectivity index is 2.15. The van der Waals surface area contributed by atoms with E-state index >= 15 is 0 Å². The molecule has 0 aliphatic heterocycles. The SMILES string of the molecule is CCNC(C)c1ccc(Sc2ccncc2)cc1Br. The number of hydrogen-bond acceptors (Lipinski definition) is 3. The molecular weight excluding hydrogens is 320 g/mol. The van der Waals surface area contributed by atoms with E-state index in [1.165, 1.54) is 15.4 Å². The second-order valence-corrected chi connectivity index (χ2v) is 6.25. The van der Waals surface area contributed by atoms with Crippen molar-refractivity contribution >= 4 is 27.7 Å². The zero-order chi connectivity index (χ0) is 13.7. The lowest BCUT2D eigenvalue weighted by Crippen LogP contribution is -2.17. The molecule has 2 aromatic rings. The van der Waals surface area contributed by atoms with Crippen LogP contribution in [0.5, 0.6) is 0 Å². The highest BCUT2D eigenvalue weighted by atomic mass is 79.9. The largest absolute Gasteiger partial charge is 0.310 e. The summed E-state index contributed by atoms with van der Waals surface area (Å²) >= 11 is 5.41. The van der Waals surface area contributed by atoms with E-state index in [4.69, 9.17) is 0 Å². The summed E-state index contributed by atoms with van der Waals surface area (Å²) in [5.41, 5.74) is 1.29. The van der Waals surface area contributed by atoms with Crippen molar-refractivity contribution in [3.8, 4) is 0 Å². The molecule has 4 heteroatoms. The summed E-state index contributed by atoms with van der Waals surface area (Å²) in [7, 11) is 0. The first-order chi connectivity index (χ1) is 9.20. The minimum absolute atomic E-state index is 0.361. The van der Waals surface area contributed by atoms with Gasteiger partial charge in [-0.3, -0.25) is 4.98 Å². The Kier molecular flexibility index (Phi) is 5.43. The molecule has 2 nitrogen and oxygen atoms in total. The van der Waals surface area contributed by atoms with Crippen molar-refractivity contribution in [3.05, 3.63) is 52.8 Å². The van der Waals surface area contributed by atoms with Crippen LogP contribution in [0.15, 0.2) is 57.0 Å². The van der Waals surface area contributed by atoms with Crippen molar-refractivity contribution in [1.29, 1.82) is 0 Å². The number of pyridine rings is 1. The van der Waals surface area contributed by atoms with Crippen LogP contribution in [-0.4, -0.2) is 11.5 Å². The maximum absolute atomic E-state index is 4.03. The van der Waals surface area contributed by atoms with Crippen LogP contribution in [0.25, 0.3) is 0 Å². The molecule has 0 aliphatic carbocycles. The molecule has 100 valence electrons. The Morgan fingerprint density at radius 3 is 2.58 bits per heavy atom. The second kappa shape index (κ2) is 7.08. The van der Waals surface area contributed by atoms with Crippen molar-refractivity contribution in [2.75, 3.05) is 6.54 Å². The van der Waals surface area contributed by atoms with Crippen LogP contribution in [0.1, 0.15) is 25.5 Å². The number of nitrogens with one attached hydrogen (secondary N) is 1. The third-order valence-electron chi connectivity index (χ3n) is 2.83. The summed E-state index contributed by atoms with van der Waals surface area (Å²) in [6.07, 6.45) is 3.64. The molecule has 1 N–H and O–H groups in total. The van der Waals surface area contributed by atoms with Crippen LogP contribution in [0.3, 0.4) is 0 Å². The molecule has 0 radical (unpaired) electrons. The van der Waals surface area contributed by atoms with Crippen LogP contribution >= 0.6 is 27.7 Å². The number of benzene rings is 1. The molecule has 0 saturated heterocycles. The normalized spacial score (nSPS) is 12.4. The van der Waals surface area contributed by atoms with E-state index in [1.54, 1.807) is 11.8 Å². The Morgan fingerprint density at radius 1 is 1.21 bits per heavy atom. The minimum atomic E-state index is 0.361. The summed E-state index contributed by atoms with van der Waals surface area (Å²) in [6.45, 7) is 5.28. The van der Waals surface area contributed by atoms with Crippen LogP contribution < -0.4 is 5.32 Å². The first kappa shape index (κ1) is 14.6. The predicted octanol–water partition coefficient (Wildman–Crippen LogP) is 4.67. The Hall–Kier alpha value is -0.840. The smallest absolute Gasteiger partial charge is 0.0302 e. The van der Waals surface area contributed by atoms with Crippen LogP contribution in [-0.2, 0) is 0 Å². The van der Waals surface area contributed by atoms with Crippen LogP contribution in [0.2, 0.25) is 0 Å². The van der Waals surface area contributed by atoms with Gasteiger partial charge in [0.05, 0.1) is 0 Å². The van der Waals surface area contributed by atoms with Gasteiger partial charge in [-0.15, -0.1) is 0 Å². The highest BCUT2D eigenvalue weighted by molar-refractivity contribution is 9.10. The van der Waals surface area contributed by atoms with Gasteiger partial charge < -0.3 is 5.32 Å². The molecule has 1 heterocycles. The maximum atomic E-state index is 4.03. The maximum Gasteiger partial charge on any atom is 0.0302 e. The minimum Gasteiger partial charge on any atom is -0.310 e. The average molecular weight is 337 g/mol. The van der Waals surface area contributed by atoms with Gasteiger partial charge in [0.1, 0.15) is 0 Å². The Labute approximate surface area is 127 Å². The predicted molar refractivity (Wildman–Crippen MR) is 84.6 cm³/mol. The molecule has 0 saturated carbocycles. The molecule has 0 amide bonds. The third kappa shape index (κ3) is 4.06. The lowest BCUT2D eigenvalue weighted by Gasteiger charge is -2.15. The number of halogens is 1. The Morgan fingerprint density at radius 2 is 1.95 bits per heavy atom. The lowest BCUT2D eigenvalue weighted by molar-refractivity contribution is 0.595. The number of rotatable bonds is 5. The molecule has 0 bridgehead atoms. The summed E-state index contributed by atoms with van der Waals surface area (Å²) in [4.78, 5) is 6.46. The Bertz CT molecular complexity index is 531. The molecule has 2 rings (SSSR count). The van der Waals surface area contributed by atoms with E-state index in [0.29, 0.717) is 6.04 Å². The molecule has 19 heavy (non-hydrogen) atoms. The molecule has 0 fully saturated rings. The molecular formula is C15H17BrN2S. The standard InChI is InChI=1S/C15H17BrN2S/c1-3-18-11(2)14-5-4-13(10-15(14)16)19-12-6-8-17-9-7-12/h4-11,18H,3H2,1-2H3. The fourth-order valence-electron chi connectivity index (χ4n) is 1.88. The summed E-state index contributed by atoms with van der Waals surface area (Å²) in [5.74, 6) is 0. The van der Waals surface area contributed by atoms with Gasteiger partial charge in [-0.25, -0.2) is 0 Å².